The average molecular weight is 167 g/mol. The predicted octanol–water partition coefficient (Wildman–Crippen LogP) is -0.959. The van der Waals surface area contributed by atoms with E-state index in [2.05, 4.69) is 12.6 Å². The Morgan fingerprint density at radius 1 is 1.44 bits per heavy atom. The van der Waals surface area contributed by atoms with E-state index in [1.165, 1.54) is 0 Å². The van der Waals surface area contributed by atoms with E-state index in [0.717, 1.165) is 0 Å². The van der Waals surface area contributed by atoms with Crippen molar-refractivity contribution in [1.82, 2.24) is 0 Å². The molecule has 0 amide bonds. The molecular weight excluding hydrogens is 158 g/mol. The Morgan fingerprint density at radius 2 is 2.00 bits per heavy atom. The van der Waals surface area contributed by atoms with Crippen LogP contribution in [0.15, 0.2) is 0 Å². The minimum atomic E-state index is -2.85. The van der Waals surface area contributed by atoms with Crippen LogP contribution >= 0.6 is 12.6 Å². The van der Waals surface area contributed by atoms with Gasteiger partial charge >= 0.3 is 0 Å². The van der Waals surface area contributed by atoms with Crippen molar-refractivity contribution in [3.63, 3.8) is 0 Å². The second-order valence-electron chi connectivity index (χ2n) is 2.31. The fourth-order valence-electron chi connectivity index (χ4n) is 0.856. The van der Waals surface area contributed by atoms with Crippen LogP contribution in [0, 0.1) is 0 Å². The van der Waals surface area contributed by atoms with Crippen molar-refractivity contribution in [2.75, 3.05) is 11.5 Å². The standard InChI is InChI=1S/C4H9NO2S2/c5-3-1-9(6,7)2-4(3)8/h3-4,8H,1-2,5H2. The quantitative estimate of drug-likeness (QED) is 0.457. The zero-order valence-corrected chi connectivity index (χ0v) is 6.53. The minimum absolute atomic E-state index is 0.0984. The first-order valence-corrected chi connectivity index (χ1v) is 4.99. The van der Waals surface area contributed by atoms with Crippen LogP contribution in [0.4, 0.5) is 0 Å². The highest BCUT2D eigenvalue weighted by atomic mass is 32.2. The van der Waals surface area contributed by atoms with Crippen molar-refractivity contribution in [2.45, 2.75) is 11.3 Å². The van der Waals surface area contributed by atoms with Crippen LogP contribution in [0.1, 0.15) is 0 Å². The van der Waals surface area contributed by atoms with Crippen LogP contribution in [-0.2, 0) is 9.84 Å². The van der Waals surface area contributed by atoms with Crippen LogP contribution < -0.4 is 5.73 Å². The summed E-state index contributed by atoms with van der Waals surface area (Å²) in [6.45, 7) is 0. The highest BCUT2D eigenvalue weighted by Gasteiger charge is 2.32. The van der Waals surface area contributed by atoms with Gasteiger partial charge in [0.05, 0.1) is 11.5 Å². The SMILES string of the molecule is NC1CS(=O)(=O)CC1S. The Kier molecular flexibility index (Phi) is 1.75. The summed E-state index contributed by atoms with van der Waals surface area (Å²) < 4.78 is 21.4. The molecule has 0 aromatic carbocycles. The van der Waals surface area contributed by atoms with Gasteiger partial charge in [0.1, 0.15) is 0 Å². The third kappa shape index (κ3) is 1.59. The Balaban J connectivity index is 2.77. The molecular formula is C4H9NO2S2. The van der Waals surface area contributed by atoms with Crippen molar-refractivity contribution in [2.24, 2.45) is 5.73 Å². The summed E-state index contributed by atoms with van der Waals surface area (Å²) in [4.78, 5) is 0. The lowest BCUT2D eigenvalue weighted by Gasteiger charge is -2.02. The third-order valence-corrected chi connectivity index (χ3v) is 3.94. The highest BCUT2D eigenvalue weighted by molar-refractivity contribution is 7.93. The Morgan fingerprint density at radius 3 is 2.11 bits per heavy atom. The first-order chi connectivity index (χ1) is 4.01. The molecule has 9 heavy (non-hydrogen) atoms. The predicted molar refractivity (Wildman–Crippen MR) is 39.4 cm³/mol. The topological polar surface area (TPSA) is 60.2 Å². The van der Waals surface area contributed by atoms with Crippen molar-refractivity contribution >= 4 is 22.5 Å². The second kappa shape index (κ2) is 2.14. The van der Waals surface area contributed by atoms with E-state index in [9.17, 15) is 8.42 Å². The van der Waals surface area contributed by atoms with Crippen molar-refractivity contribution < 1.29 is 8.42 Å². The van der Waals surface area contributed by atoms with Gasteiger partial charge in [-0.05, 0) is 0 Å². The molecule has 1 fully saturated rings. The zero-order chi connectivity index (χ0) is 7.07. The summed E-state index contributed by atoms with van der Waals surface area (Å²) >= 11 is 4.00. The van der Waals surface area contributed by atoms with Crippen LogP contribution in [0.2, 0.25) is 0 Å². The molecule has 0 radical (unpaired) electrons. The summed E-state index contributed by atoms with van der Waals surface area (Å²) in [6.07, 6.45) is 0. The number of nitrogens with two attached hydrogens (primary N) is 1. The molecule has 3 nitrogen and oxygen atoms in total. The van der Waals surface area contributed by atoms with E-state index in [0.29, 0.717) is 0 Å². The molecule has 0 saturated carbocycles. The van der Waals surface area contributed by atoms with Crippen LogP contribution in [0.25, 0.3) is 0 Å². The van der Waals surface area contributed by atoms with Crippen molar-refractivity contribution in [3.05, 3.63) is 0 Å². The molecule has 0 bridgehead atoms. The number of sulfone groups is 1. The van der Waals surface area contributed by atoms with Gasteiger partial charge in [-0.3, -0.25) is 0 Å². The first kappa shape index (κ1) is 7.37. The van der Waals surface area contributed by atoms with Gasteiger partial charge in [0, 0.05) is 11.3 Å². The van der Waals surface area contributed by atoms with Crippen LogP contribution in [0.5, 0.6) is 0 Å². The van der Waals surface area contributed by atoms with E-state index in [1.54, 1.807) is 0 Å². The number of hydrogen-bond acceptors (Lipinski definition) is 4. The van der Waals surface area contributed by atoms with Gasteiger partial charge in [-0.15, -0.1) is 0 Å². The Bertz CT molecular complexity index is 183. The highest BCUT2D eigenvalue weighted by Crippen LogP contribution is 2.14. The molecule has 1 aliphatic heterocycles. The molecule has 0 aromatic heterocycles. The van der Waals surface area contributed by atoms with Gasteiger partial charge in [0.2, 0.25) is 0 Å². The molecule has 0 spiro atoms. The van der Waals surface area contributed by atoms with Gasteiger partial charge in [0.15, 0.2) is 9.84 Å². The van der Waals surface area contributed by atoms with Gasteiger partial charge in [0.25, 0.3) is 0 Å². The number of rotatable bonds is 0. The molecule has 1 aliphatic rings. The molecule has 1 saturated heterocycles. The molecule has 2 atom stereocenters. The third-order valence-electron chi connectivity index (χ3n) is 1.37. The van der Waals surface area contributed by atoms with Crippen LogP contribution in [0.3, 0.4) is 0 Å². The number of thiol groups is 1. The molecule has 54 valence electrons. The minimum Gasteiger partial charge on any atom is -0.326 e. The summed E-state index contributed by atoms with van der Waals surface area (Å²) in [7, 11) is -2.85. The van der Waals surface area contributed by atoms with Crippen molar-refractivity contribution in [1.29, 1.82) is 0 Å². The Hall–Kier alpha value is 0.260. The lowest BCUT2D eigenvalue weighted by atomic mass is 10.3. The van der Waals surface area contributed by atoms with Crippen LogP contribution in [-0.4, -0.2) is 31.2 Å². The molecule has 2 unspecified atom stereocenters. The average Bonchev–Trinajstić information content (AvgIpc) is 1.79. The lowest BCUT2D eigenvalue weighted by molar-refractivity contribution is 0.601. The van der Waals surface area contributed by atoms with E-state index in [4.69, 9.17) is 5.73 Å². The van der Waals surface area contributed by atoms with Crippen molar-refractivity contribution in [3.8, 4) is 0 Å². The molecule has 1 heterocycles. The summed E-state index contributed by atoms with van der Waals surface area (Å²) in [5.74, 6) is 0.235. The fourth-order valence-corrected chi connectivity index (χ4v) is 3.51. The monoisotopic (exact) mass is 167 g/mol. The second-order valence-corrected chi connectivity index (χ2v) is 5.13. The smallest absolute Gasteiger partial charge is 0.153 e. The van der Waals surface area contributed by atoms with E-state index in [-0.39, 0.29) is 22.8 Å². The van der Waals surface area contributed by atoms with E-state index < -0.39 is 9.84 Å². The molecule has 0 aromatic rings. The summed E-state index contributed by atoms with van der Waals surface area (Å²) in [5.41, 5.74) is 5.40. The van der Waals surface area contributed by atoms with E-state index >= 15 is 0 Å². The van der Waals surface area contributed by atoms with Gasteiger partial charge in [-0.25, -0.2) is 8.42 Å². The maximum atomic E-state index is 10.7. The largest absolute Gasteiger partial charge is 0.326 e. The van der Waals surface area contributed by atoms with E-state index in [1.807, 2.05) is 0 Å². The maximum Gasteiger partial charge on any atom is 0.153 e. The van der Waals surface area contributed by atoms with Gasteiger partial charge < -0.3 is 5.73 Å². The fraction of sp³-hybridized carbons (Fsp3) is 1.00. The molecule has 0 aliphatic carbocycles. The molecule has 1 rings (SSSR count). The molecule has 2 N–H and O–H groups in total. The Labute approximate surface area is 59.9 Å². The zero-order valence-electron chi connectivity index (χ0n) is 4.82. The first-order valence-electron chi connectivity index (χ1n) is 2.65. The maximum absolute atomic E-state index is 10.7. The summed E-state index contributed by atoms with van der Waals surface area (Å²) in [5, 5.41) is -0.157. The summed E-state index contributed by atoms with van der Waals surface area (Å²) in [6, 6.07) is -0.265. The lowest BCUT2D eigenvalue weighted by Crippen LogP contribution is -2.28. The molecule has 5 heteroatoms. The normalized spacial score (nSPS) is 41.1. The van der Waals surface area contributed by atoms with Gasteiger partial charge in [-0.1, -0.05) is 0 Å². The number of hydrogen-bond donors (Lipinski definition) is 2. The van der Waals surface area contributed by atoms with Gasteiger partial charge in [-0.2, -0.15) is 12.6 Å².